The first-order valence-corrected chi connectivity index (χ1v) is 11.2. The summed E-state index contributed by atoms with van der Waals surface area (Å²) in [5.74, 6) is 0.0729. The van der Waals surface area contributed by atoms with Gasteiger partial charge in [-0.25, -0.2) is 0 Å². The number of nitrogens with one attached hydrogen (secondary N) is 1. The first kappa shape index (κ1) is 18.6. The molecule has 1 saturated carbocycles. The van der Waals surface area contributed by atoms with E-state index in [0.717, 1.165) is 32.2 Å². The van der Waals surface area contributed by atoms with Gasteiger partial charge in [0.15, 0.2) is 11.9 Å². The topological polar surface area (TPSA) is 74.1 Å². The zero-order valence-corrected chi connectivity index (χ0v) is 17.1. The molecule has 0 bridgehead atoms. The van der Waals surface area contributed by atoms with Gasteiger partial charge in [0.05, 0.1) is 24.8 Å². The van der Waals surface area contributed by atoms with Crippen molar-refractivity contribution in [3.8, 4) is 0 Å². The maximum absolute atomic E-state index is 13.8. The van der Waals surface area contributed by atoms with E-state index < -0.39 is 5.41 Å². The third-order valence-corrected chi connectivity index (χ3v) is 8.86. The van der Waals surface area contributed by atoms with Crippen LogP contribution in [0.15, 0.2) is 0 Å². The van der Waals surface area contributed by atoms with Crippen LogP contribution in [0.5, 0.6) is 0 Å². The van der Waals surface area contributed by atoms with Gasteiger partial charge in [0.2, 0.25) is 0 Å². The number of carbonyl (C=O) groups excluding carboxylic acids is 3. The molecule has 1 N–H and O–H groups in total. The number of piperidine rings is 1. The summed E-state index contributed by atoms with van der Waals surface area (Å²) >= 11 is 0. The van der Waals surface area contributed by atoms with Crippen molar-refractivity contribution >= 4 is 17.7 Å². The number of rotatable bonds is 2. The predicted octanol–water partition coefficient (Wildman–Crippen LogP) is 0.921. The molecule has 10 atom stereocenters. The quantitative estimate of drug-likeness (QED) is 0.710. The SMILES string of the molecule is CC[C@H]1[C@@H]2CCCC[NH+]3C2[C@]2(C(=O)C[C@H]3[C@@H]3C[C@H](C)C(=O)O3)[C@H](C)C(=O)O[C@H]12. The molecule has 28 heavy (non-hydrogen) atoms. The van der Waals surface area contributed by atoms with Gasteiger partial charge in [-0.2, -0.15) is 0 Å². The molecule has 0 aromatic carbocycles. The number of cyclic esters (lactones) is 1. The van der Waals surface area contributed by atoms with E-state index in [-0.39, 0.29) is 59.8 Å². The molecule has 1 spiro atoms. The van der Waals surface area contributed by atoms with Crippen molar-refractivity contribution in [2.75, 3.05) is 6.54 Å². The molecule has 1 aliphatic carbocycles. The van der Waals surface area contributed by atoms with E-state index >= 15 is 0 Å². The lowest BCUT2D eigenvalue weighted by Gasteiger charge is -2.48. The summed E-state index contributed by atoms with van der Waals surface area (Å²) in [5.41, 5.74) is -0.674. The fraction of sp³-hybridized carbons (Fsp3) is 0.864. The van der Waals surface area contributed by atoms with Crippen LogP contribution in [0, 0.1) is 29.1 Å². The van der Waals surface area contributed by atoms with Gasteiger partial charge in [0.25, 0.3) is 0 Å². The summed E-state index contributed by atoms with van der Waals surface area (Å²) in [6.07, 6.45) is 5.00. The molecule has 2 unspecified atom stereocenters. The Morgan fingerprint density at radius 1 is 1.11 bits per heavy atom. The molecule has 0 aromatic heterocycles. The van der Waals surface area contributed by atoms with Gasteiger partial charge in [0, 0.05) is 18.3 Å². The average Bonchev–Trinajstić information content (AvgIpc) is 3.15. The van der Waals surface area contributed by atoms with Crippen LogP contribution < -0.4 is 4.90 Å². The average molecular weight is 391 g/mol. The van der Waals surface area contributed by atoms with E-state index in [9.17, 15) is 14.4 Å². The van der Waals surface area contributed by atoms with Crippen molar-refractivity contribution in [1.29, 1.82) is 0 Å². The highest BCUT2D eigenvalue weighted by molar-refractivity contribution is 5.95. The highest BCUT2D eigenvalue weighted by Crippen LogP contribution is 2.59. The molecule has 4 saturated heterocycles. The zero-order valence-electron chi connectivity index (χ0n) is 17.1. The number of quaternary nitrogens is 1. The Balaban J connectivity index is 1.60. The van der Waals surface area contributed by atoms with E-state index in [2.05, 4.69) is 6.92 Å². The second-order valence-electron chi connectivity index (χ2n) is 9.89. The second-order valence-corrected chi connectivity index (χ2v) is 9.89. The number of ether oxygens (including phenoxy) is 2. The van der Waals surface area contributed by atoms with Crippen LogP contribution in [-0.4, -0.2) is 48.6 Å². The molecule has 4 aliphatic heterocycles. The summed E-state index contributed by atoms with van der Waals surface area (Å²) in [6, 6.07) is 0.143. The second kappa shape index (κ2) is 6.28. The van der Waals surface area contributed by atoms with E-state index in [1.165, 1.54) is 4.90 Å². The standard InChI is InChI=1S/C22H31NO5/c1-4-13-14-7-5-6-8-23-15(16-9-11(2)20(25)27-16)10-17(24)22(18(14)23)12(3)21(26)28-19(13)22/h11-16,18-19H,4-10H2,1-3H3/p+1/t11-,12+,13-,14-,15-,16-,18?,19+,22+/m0/s1. The third-order valence-electron chi connectivity index (χ3n) is 8.86. The van der Waals surface area contributed by atoms with Gasteiger partial charge in [-0.3, -0.25) is 14.4 Å². The van der Waals surface area contributed by atoms with Crippen LogP contribution in [0.2, 0.25) is 0 Å². The van der Waals surface area contributed by atoms with Gasteiger partial charge < -0.3 is 14.4 Å². The highest BCUT2D eigenvalue weighted by atomic mass is 16.6. The molecule has 5 aliphatic rings. The van der Waals surface area contributed by atoms with E-state index in [1.54, 1.807) is 0 Å². The normalized spacial score (nSPS) is 52.7. The number of Topliss-reactive ketones (excluding diaryl/α,β-unsaturated/α-hetero) is 1. The smallest absolute Gasteiger partial charge is 0.310 e. The molecular formula is C22H32NO5+. The number of esters is 2. The van der Waals surface area contributed by atoms with Gasteiger partial charge in [-0.15, -0.1) is 0 Å². The van der Waals surface area contributed by atoms with Crippen LogP contribution in [0.4, 0.5) is 0 Å². The van der Waals surface area contributed by atoms with Gasteiger partial charge in [-0.05, 0) is 25.7 Å². The Kier molecular flexibility index (Phi) is 4.17. The van der Waals surface area contributed by atoms with Gasteiger partial charge in [-0.1, -0.05) is 20.8 Å². The zero-order chi connectivity index (χ0) is 19.8. The van der Waals surface area contributed by atoms with Crippen LogP contribution in [0.25, 0.3) is 0 Å². The van der Waals surface area contributed by atoms with Crippen molar-refractivity contribution < 1.29 is 28.8 Å². The van der Waals surface area contributed by atoms with Crippen LogP contribution >= 0.6 is 0 Å². The van der Waals surface area contributed by atoms with E-state index in [4.69, 9.17) is 9.47 Å². The Bertz CT molecular complexity index is 722. The lowest BCUT2D eigenvalue weighted by molar-refractivity contribution is -0.963. The number of hydrogen-bond acceptors (Lipinski definition) is 5. The van der Waals surface area contributed by atoms with Crippen LogP contribution in [-0.2, 0) is 23.9 Å². The Labute approximate surface area is 166 Å². The third kappa shape index (κ3) is 2.16. The summed E-state index contributed by atoms with van der Waals surface area (Å²) in [5, 5.41) is 0. The molecule has 6 nitrogen and oxygen atoms in total. The lowest BCUT2D eigenvalue weighted by atomic mass is 9.63. The van der Waals surface area contributed by atoms with Crippen molar-refractivity contribution in [2.24, 2.45) is 29.1 Å². The van der Waals surface area contributed by atoms with E-state index in [1.807, 2.05) is 13.8 Å². The van der Waals surface area contributed by atoms with Crippen molar-refractivity contribution in [3.63, 3.8) is 0 Å². The van der Waals surface area contributed by atoms with Gasteiger partial charge in [0.1, 0.15) is 23.6 Å². The Hall–Kier alpha value is -1.43. The summed E-state index contributed by atoms with van der Waals surface area (Å²) in [4.78, 5) is 39.9. The monoisotopic (exact) mass is 390 g/mol. The first-order chi connectivity index (χ1) is 13.4. The van der Waals surface area contributed by atoms with Crippen molar-refractivity contribution in [3.05, 3.63) is 0 Å². The Morgan fingerprint density at radius 3 is 2.57 bits per heavy atom. The predicted molar refractivity (Wildman–Crippen MR) is 99.3 cm³/mol. The number of hydrogen-bond donors (Lipinski definition) is 1. The molecule has 0 radical (unpaired) electrons. The highest BCUT2D eigenvalue weighted by Gasteiger charge is 2.78. The van der Waals surface area contributed by atoms with Crippen LogP contribution in [0.3, 0.4) is 0 Å². The van der Waals surface area contributed by atoms with Crippen LogP contribution in [0.1, 0.15) is 59.3 Å². The Morgan fingerprint density at radius 2 is 1.89 bits per heavy atom. The van der Waals surface area contributed by atoms with Crippen molar-refractivity contribution in [2.45, 2.75) is 83.6 Å². The largest absolute Gasteiger partial charge is 0.460 e. The molecule has 154 valence electrons. The molecule has 0 aromatic rings. The molecule has 5 rings (SSSR count). The molecular weight excluding hydrogens is 358 g/mol. The van der Waals surface area contributed by atoms with E-state index in [0.29, 0.717) is 18.8 Å². The number of ketones is 1. The molecule has 6 heteroatoms. The molecule has 5 fully saturated rings. The maximum Gasteiger partial charge on any atom is 0.310 e. The maximum atomic E-state index is 13.8. The fourth-order valence-corrected chi connectivity index (χ4v) is 7.70. The lowest BCUT2D eigenvalue weighted by Crippen LogP contribution is -3.23. The number of carbonyl (C=O) groups is 3. The summed E-state index contributed by atoms with van der Waals surface area (Å²) in [6.45, 7) is 6.99. The minimum Gasteiger partial charge on any atom is -0.460 e. The fourth-order valence-electron chi connectivity index (χ4n) is 7.70. The first-order valence-electron chi connectivity index (χ1n) is 11.2. The van der Waals surface area contributed by atoms with Crippen molar-refractivity contribution in [1.82, 2.24) is 0 Å². The summed E-state index contributed by atoms with van der Waals surface area (Å²) < 4.78 is 11.7. The summed E-state index contributed by atoms with van der Waals surface area (Å²) in [7, 11) is 0. The van der Waals surface area contributed by atoms with Gasteiger partial charge >= 0.3 is 11.9 Å². The minimum atomic E-state index is -0.674. The molecule has 0 amide bonds. The molecule has 4 heterocycles. The minimum absolute atomic E-state index is 0.0248.